The number of nitrogens with zero attached hydrogens (tertiary/aromatic N) is 2. The molecule has 5 heteroatoms. The number of rotatable bonds is 6. The molecule has 0 amide bonds. The molecule has 0 saturated heterocycles. The van der Waals surface area contributed by atoms with Gasteiger partial charge in [0.1, 0.15) is 11.5 Å². The molecule has 0 atom stereocenters. The third-order valence-corrected chi connectivity index (χ3v) is 2.90. The SMILES string of the molecule is COc1ccc(-c2cnn(CCCO)c2)c(OC)c1. The van der Waals surface area contributed by atoms with Gasteiger partial charge in [0.05, 0.1) is 20.4 Å². The predicted octanol–water partition coefficient (Wildman–Crippen LogP) is 1.95. The highest BCUT2D eigenvalue weighted by Crippen LogP contribution is 2.32. The Bertz CT molecular complexity index is 537. The molecule has 0 fully saturated rings. The molecular weight excluding hydrogens is 244 g/mol. The van der Waals surface area contributed by atoms with Gasteiger partial charge in [-0.15, -0.1) is 0 Å². The molecule has 0 aliphatic rings. The summed E-state index contributed by atoms with van der Waals surface area (Å²) < 4.78 is 12.4. The van der Waals surface area contributed by atoms with E-state index in [1.165, 1.54) is 0 Å². The van der Waals surface area contributed by atoms with Gasteiger partial charge < -0.3 is 14.6 Å². The number of aliphatic hydroxyl groups excluding tert-OH is 1. The first-order valence-corrected chi connectivity index (χ1v) is 6.14. The first-order chi connectivity index (χ1) is 9.28. The second kappa shape index (κ2) is 6.24. The first-order valence-electron chi connectivity index (χ1n) is 6.14. The topological polar surface area (TPSA) is 56.5 Å². The predicted molar refractivity (Wildman–Crippen MR) is 72.5 cm³/mol. The lowest BCUT2D eigenvalue weighted by Crippen LogP contribution is -1.99. The van der Waals surface area contributed by atoms with Gasteiger partial charge in [-0.05, 0) is 18.6 Å². The van der Waals surface area contributed by atoms with Crippen LogP contribution in [0.15, 0.2) is 30.6 Å². The highest BCUT2D eigenvalue weighted by molar-refractivity contribution is 5.70. The molecule has 0 bridgehead atoms. The second-order valence-electron chi connectivity index (χ2n) is 4.14. The van der Waals surface area contributed by atoms with E-state index < -0.39 is 0 Å². The zero-order chi connectivity index (χ0) is 13.7. The zero-order valence-corrected chi connectivity index (χ0v) is 11.2. The van der Waals surface area contributed by atoms with Crippen molar-refractivity contribution in [1.29, 1.82) is 0 Å². The highest BCUT2D eigenvalue weighted by atomic mass is 16.5. The average molecular weight is 262 g/mol. The van der Waals surface area contributed by atoms with Crippen LogP contribution in [0.1, 0.15) is 6.42 Å². The Morgan fingerprint density at radius 3 is 2.79 bits per heavy atom. The van der Waals surface area contributed by atoms with Crippen LogP contribution in [0.4, 0.5) is 0 Å². The number of aryl methyl sites for hydroxylation is 1. The average Bonchev–Trinajstić information content (AvgIpc) is 2.92. The lowest BCUT2D eigenvalue weighted by atomic mass is 10.1. The third kappa shape index (κ3) is 3.06. The number of ether oxygens (including phenoxy) is 2. The van der Waals surface area contributed by atoms with E-state index in [0.29, 0.717) is 13.0 Å². The van der Waals surface area contributed by atoms with Crippen molar-refractivity contribution in [2.75, 3.05) is 20.8 Å². The summed E-state index contributed by atoms with van der Waals surface area (Å²) in [6.45, 7) is 0.871. The summed E-state index contributed by atoms with van der Waals surface area (Å²) in [5.41, 5.74) is 1.95. The van der Waals surface area contributed by atoms with Gasteiger partial charge in [0.25, 0.3) is 0 Å². The van der Waals surface area contributed by atoms with E-state index in [1.54, 1.807) is 20.4 Å². The molecule has 0 saturated carbocycles. The Hall–Kier alpha value is -2.01. The molecule has 19 heavy (non-hydrogen) atoms. The van der Waals surface area contributed by atoms with E-state index in [-0.39, 0.29) is 6.61 Å². The normalized spacial score (nSPS) is 10.5. The highest BCUT2D eigenvalue weighted by Gasteiger charge is 2.09. The summed E-state index contributed by atoms with van der Waals surface area (Å²) in [6.07, 6.45) is 4.43. The maximum absolute atomic E-state index is 8.82. The van der Waals surface area contributed by atoms with Crippen LogP contribution < -0.4 is 9.47 Å². The maximum atomic E-state index is 8.82. The van der Waals surface area contributed by atoms with Gasteiger partial charge in [-0.25, -0.2) is 0 Å². The molecule has 2 aromatic rings. The minimum absolute atomic E-state index is 0.168. The van der Waals surface area contributed by atoms with E-state index in [9.17, 15) is 0 Å². The zero-order valence-electron chi connectivity index (χ0n) is 11.2. The fourth-order valence-electron chi connectivity index (χ4n) is 1.89. The van der Waals surface area contributed by atoms with Crippen LogP contribution >= 0.6 is 0 Å². The van der Waals surface area contributed by atoms with Crippen molar-refractivity contribution in [2.45, 2.75) is 13.0 Å². The largest absolute Gasteiger partial charge is 0.497 e. The minimum atomic E-state index is 0.168. The molecule has 2 rings (SSSR count). The molecule has 0 aliphatic heterocycles. The van der Waals surface area contributed by atoms with E-state index >= 15 is 0 Å². The quantitative estimate of drug-likeness (QED) is 0.864. The van der Waals surface area contributed by atoms with Gasteiger partial charge in [0.2, 0.25) is 0 Å². The van der Waals surface area contributed by atoms with Crippen molar-refractivity contribution >= 4 is 0 Å². The van der Waals surface area contributed by atoms with Gasteiger partial charge in [-0.2, -0.15) is 5.10 Å². The molecule has 1 heterocycles. The van der Waals surface area contributed by atoms with Gasteiger partial charge in [-0.1, -0.05) is 0 Å². The number of methoxy groups -OCH3 is 2. The van der Waals surface area contributed by atoms with Crippen LogP contribution in [0, 0.1) is 0 Å². The molecule has 0 spiro atoms. The fourth-order valence-corrected chi connectivity index (χ4v) is 1.89. The van der Waals surface area contributed by atoms with Crippen LogP contribution in [0.5, 0.6) is 11.5 Å². The Kier molecular flexibility index (Phi) is 4.41. The fraction of sp³-hybridized carbons (Fsp3) is 0.357. The summed E-state index contributed by atoms with van der Waals surface area (Å²) >= 11 is 0. The Balaban J connectivity index is 2.27. The number of hydrogen-bond donors (Lipinski definition) is 1. The molecule has 1 aromatic carbocycles. The maximum Gasteiger partial charge on any atom is 0.130 e. The third-order valence-electron chi connectivity index (χ3n) is 2.90. The van der Waals surface area contributed by atoms with Crippen molar-refractivity contribution in [3.05, 3.63) is 30.6 Å². The van der Waals surface area contributed by atoms with Gasteiger partial charge in [0.15, 0.2) is 0 Å². The van der Waals surface area contributed by atoms with E-state index in [0.717, 1.165) is 22.6 Å². The summed E-state index contributed by atoms with van der Waals surface area (Å²) in [4.78, 5) is 0. The van der Waals surface area contributed by atoms with Crippen LogP contribution in [0.3, 0.4) is 0 Å². The molecule has 1 aromatic heterocycles. The number of benzene rings is 1. The van der Waals surface area contributed by atoms with Crippen molar-refractivity contribution < 1.29 is 14.6 Å². The standard InChI is InChI=1S/C14H18N2O3/c1-18-12-4-5-13(14(8-12)19-2)11-9-15-16(10-11)6-3-7-17/h4-5,8-10,17H,3,6-7H2,1-2H3. The number of aliphatic hydroxyl groups is 1. The van der Waals surface area contributed by atoms with Gasteiger partial charge in [0, 0.05) is 36.5 Å². The molecule has 0 unspecified atom stereocenters. The number of hydrogen-bond acceptors (Lipinski definition) is 4. The Morgan fingerprint density at radius 2 is 2.11 bits per heavy atom. The smallest absolute Gasteiger partial charge is 0.130 e. The lowest BCUT2D eigenvalue weighted by molar-refractivity contribution is 0.277. The van der Waals surface area contributed by atoms with Gasteiger partial charge >= 0.3 is 0 Å². The number of aromatic nitrogens is 2. The van der Waals surface area contributed by atoms with Crippen LogP contribution in [-0.2, 0) is 6.54 Å². The van der Waals surface area contributed by atoms with Crippen LogP contribution in [-0.4, -0.2) is 35.7 Å². The minimum Gasteiger partial charge on any atom is -0.497 e. The summed E-state index contributed by atoms with van der Waals surface area (Å²) in [5, 5.41) is 13.1. The molecule has 5 nitrogen and oxygen atoms in total. The van der Waals surface area contributed by atoms with E-state index in [4.69, 9.17) is 14.6 Å². The van der Waals surface area contributed by atoms with Crippen molar-refractivity contribution in [3.8, 4) is 22.6 Å². The summed E-state index contributed by atoms with van der Waals surface area (Å²) in [5.74, 6) is 1.51. The summed E-state index contributed by atoms with van der Waals surface area (Å²) in [6, 6.07) is 5.69. The van der Waals surface area contributed by atoms with Gasteiger partial charge in [-0.3, -0.25) is 4.68 Å². The summed E-state index contributed by atoms with van der Waals surface area (Å²) in [7, 11) is 3.26. The molecular formula is C14H18N2O3. The first kappa shape index (κ1) is 13.4. The molecule has 0 aliphatic carbocycles. The van der Waals surface area contributed by atoms with Crippen molar-refractivity contribution in [2.24, 2.45) is 0 Å². The Morgan fingerprint density at radius 1 is 1.26 bits per heavy atom. The lowest BCUT2D eigenvalue weighted by Gasteiger charge is -2.08. The van der Waals surface area contributed by atoms with Crippen LogP contribution in [0.2, 0.25) is 0 Å². The van der Waals surface area contributed by atoms with Crippen LogP contribution in [0.25, 0.3) is 11.1 Å². The Labute approximate surface area is 112 Å². The second-order valence-corrected chi connectivity index (χ2v) is 4.14. The molecule has 1 N–H and O–H groups in total. The molecule has 0 radical (unpaired) electrons. The van der Waals surface area contributed by atoms with Crippen molar-refractivity contribution in [1.82, 2.24) is 9.78 Å². The monoisotopic (exact) mass is 262 g/mol. The van der Waals surface area contributed by atoms with E-state index in [2.05, 4.69) is 5.10 Å². The van der Waals surface area contributed by atoms with Crippen molar-refractivity contribution in [3.63, 3.8) is 0 Å². The molecule has 102 valence electrons. The van der Waals surface area contributed by atoms with E-state index in [1.807, 2.05) is 29.1 Å².